The molecule has 0 saturated heterocycles. The molecular formula is C25H26N2O5. The molecular weight excluding hydrogens is 408 g/mol. The molecule has 0 spiro atoms. The molecule has 0 unspecified atom stereocenters. The number of nitrogens with one attached hydrogen (secondary N) is 1. The molecule has 0 fully saturated rings. The van der Waals surface area contributed by atoms with Crippen molar-refractivity contribution in [2.75, 3.05) is 20.3 Å². The van der Waals surface area contributed by atoms with Crippen LogP contribution in [0.5, 0.6) is 17.2 Å². The molecule has 0 aliphatic heterocycles. The SMILES string of the molecule is C=CCNC(=O)C(C#N)=Cc1ccc(OC(=O)COc2cccc(C(C)C)c2)c(OC)c1. The van der Waals surface area contributed by atoms with Crippen molar-refractivity contribution in [1.82, 2.24) is 5.32 Å². The summed E-state index contributed by atoms with van der Waals surface area (Å²) in [5, 5.41) is 11.8. The van der Waals surface area contributed by atoms with E-state index in [9.17, 15) is 14.9 Å². The number of carbonyl (C=O) groups excluding carboxylic acids is 2. The molecule has 0 saturated carbocycles. The van der Waals surface area contributed by atoms with Crippen molar-refractivity contribution < 1.29 is 23.8 Å². The van der Waals surface area contributed by atoms with E-state index < -0.39 is 11.9 Å². The minimum atomic E-state index is -0.594. The predicted octanol–water partition coefficient (Wildman–Crippen LogP) is 4.01. The topological polar surface area (TPSA) is 97.7 Å². The molecule has 0 radical (unpaired) electrons. The lowest BCUT2D eigenvalue weighted by atomic mass is 10.0. The van der Waals surface area contributed by atoms with Crippen molar-refractivity contribution >= 4 is 18.0 Å². The van der Waals surface area contributed by atoms with E-state index in [1.165, 1.54) is 25.3 Å². The van der Waals surface area contributed by atoms with Crippen LogP contribution in [0.15, 0.2) is 60.7 Å². The fraction of sp³-hybridized carbons (Fsp3) is 0.240. The Morgan fingerprint density at radius 3 is 2.62 bits per heavy atom. The highest BCUT2D eigenvalue weighted by Crippen LogP contribution is 2.29. The Kier molecular flexibility index (Phi) is 9.05. The number of esters is 1. The zero-order valence-corrected chi connectivity index (χ0v) is 18.4. The minimum Gasteiger partial charge on any atom is -0.493 e. The van der Waals surface area contributed by atoms with Gasteiger partial charge in [0.2, 0.25) is 0 Å². The second-order valence-electron chi connectivity index (χ2n) is 7.07. The molecule has 0 aromatic heterocycles. The zero-order valence-electron chi connectivity index (χ0n) is 18.4. The third-order valence-corrected chi connectivity index (χ3v) is 4.38. The highest BCUT2D eigenvalue weighted by Gasteiger charge is 2.13. The molecule has 0 heterocycles. The average molecular weight is 434 g/mol. The lowest BCUT2D eigenvalue weighted by Gasteiger charge is -2.12. The molecule has 2 rings (SSSR count). The summed E-state index contributed by atoms with van der Waals surface area (Å²) in [5.41, 5.74) is 1.57. The van der Waals surface area contributed by atoms with Gasteiger partial charge >= 0.3 is 5.97 Å². The summed E-state index contributed by atoms with van der Waals surface area (Å²) in [6, 6.07) is 14.1. The van der Waals surface area contributed by atoms with E-state index >= 15 is 0 Å². The largest absolute Gasteiger partial charge is 0.493 e. The number of nitrogens with zero attached hydrogens (tertiary/aromatic N) is 1. The third kappa shape index (κ3) is 7.03. The predicted molar refractivity (Wildman–Crippen MR) is 121 cm³/mol. The maximum atomic E-state index is 12.3. The van der Waals surface area contributed by atoms with Crippen LogP contribution in [-0.2, 0) is 9.59 Å². The van der Waals surface area contributed by atoms with Crippen LogP contribution in [0.25, 0.3) is 6.08 Å². The van der Waals surface area contributed by atoms with Gasteiger partial charge in [0.05, 0.1) is 7.11 Å². The van der Waals surface area contributed by atoms with Crippen molar-refractivity contribution in [3.63, 3.8) is 0 Å². The fourth-order valence-electron chi connectivity index (χ4n) is 2.69. The number of ether oxygens (including phenoxy) is 3. The van der Waals surface area contributed by atoms with Crippen LogP contribution >= 0.6 is 0 Å². The number of amides is 1. The van der Waals surface area contributed by atoms with E-state index in [1.807, 2.05) is 24.3 Å². The molecule has 0 aliphatic rings. The van der Waals surface area contributed by atoms with Gasteiger partial charge in [0.25, 0.3) is 5.91 Å². The smallest absolute Gasteiger partial charge is 0.349 e. The van der Waals surface area contributed by atoms with E-state index in [4.69, 9.17) is 14.2 Å². The summed E-state index contributed by atoms with van der Waals surface area (Å²) < 4.78 is 16.2. The number of methoxy groups -OCH3 is 1. The second kappa shape index (κ2) is 12.0. The number of hydrogen-bond donors (Lipinski definition) is 1. The standard InChI is InChI=1S/C25H26N2O5/c1-5-11-27-25(29)20(15-26)12-18-9-10-22(23(13-18)30-4)32-24(28)16-31-21-8-6-7-19(14-21)17(2)3/h5-10,12-14,17H,1,11,16H2,2-4H3,(H,27,29). The Balaban J connectivity index is 2.07. The average Bonchev–Trinajstić information content (AvgIpc) is 2.80. The molecule has 166 valence electrons. The Morgan fingerprint density at radius 2 is 1.97 bits per heavy atom. The Morgan fingerprint density at radius 1 is 1.19 bits per heavy atom. The van der Waals surface area contributed by atoms with Crippen LogP contribution in [0.1, 0.15) is 30.9 Å². The molecule has 1 amide bonds. The first-order chi connectivity index (χ1) is 15.4. The van der Waals surface area contributed by atoms with Gasteiger partial charge < -0.3 is 19.5 Å². The molecule has 32 heavy (non-hydrogen) atoms. The first-order valence-corrected chi connectivity index (χ1v) is 10.00. The normalized spacial score (nSPS) is 10.8. The van der Waals surface area contributed by atoms with Crippen molar-refractivity contribution in [2.45, 2.75) is 19.8 Å². The highest BCUT2D eigenvalue weighted by atomic mass is 16.6. The number of hydrogen-bond acceptors (Lipinski definition) is 6. The van der Waals surface area contributed by atoms with E-state index in [1.54, 1.807) is 18.2 Å². The van der Waals surface area contributed by atoms with E-state index in [0.29, 0.717) is 17.2 Å². The fourth-order valence-corrected chi connectivity index (χ4v) is 2.69. The Labute approximate surface area is 187 Å². The van der Waals surface area contributed by atoms with Crippen LogP contribution in [0.3, 0.4) is 0 Å². The van der Waals surface area contributed by atoms with Crippen molar-refractivity contribution in [1.29, 1.82) is 5.26 Å². The van der Waals surface area contributed by atoms with Crippen LogP contribution in [0.4, 0.5) is 0 Å². The highest BCUT2D eigenvalue weighted by molar-refractivity contribution is 6.01. The van der Waals surface area contributed by atoms with Crippen LogP contribution in [0.2, 0.25) is 0 Å². The van der Waals surface area contributed by atoms with Crippen LogP contribution in [0, 0.1) is 11.3 Å². The molecule has 2 aromatic rings. The quantitative estimate of drug-likeness (QED) is 0.199. The summed E-state index contributed by atoms with van der Waals surface area (Å²) >= 11 is 0. The van der Waals surface area contributed by atoms with Gasteiger partial charge in [0.1, 0.15) is 17.4 Å². The van der Waals surface area contributed by atoms with Gasteiger partial charge in [-0.05, 0) is 47.4 Å². The maximum absolute atomic E-state index is 12.3. The van der Waals surface area contributed by atoms with Gasteiger partial charge in [0.15, 0.2) is 18.1 Å². The van der Waals surface area contributed by atoms with Gasteiger partial charge in [-0.2, -0.15) is 5.26 Å². The van der Waals surface area contributed by atoms with Gasteiger partial charge in [-0.25, -0.2) is 4.79 Å². The minimum absolute atomic E-state index is 0.0734. The number of carbonyl (C=O) groups is 2. The maximum Gasteiger partial charge on any atom is 0.349 e. The van der Waals surface area contributed by atoms with Gasteiger partial charge in [-0.15, -0.1) is 6.58 Å². The second-order valence-corrected chi connectivity index (χ2v) is 7.07. The first kappa shape index (κ1) is 24.2. The number of benzene rings is 2. The molecule has 2 aromatic carbocycles. The number of nitriles is 1. The lowest BCUT2D eigenvalue weighted by molar-refractivity contribution is -0.136. The van der Waals surface area contributed by atoms with Crippen molar-refractivity contribution in [3.8, 4) is 23.3 Å². The molecule has 0 aliphatic carbocycles. The Bertz CT molecular complexity index is 1050. The monoisotopic (exact) mass is 434 g/mol. The summed E-state index contributed by atoms with van der Waals surface area (Å²) in [5.74, 6) is 0.293. The van der Waals surface area contributed by atoms with Crippen LogP contribution in [-0.4, -0.2) is 32.1 Å². The van der Waals surface area contributed by atoms with Gasteiger partial charge in [0, 0.05) is 6.54 Å². The zero-order chi connectivity index (χ0) is 23.5. The van der Waals surface area contributed by atoms with E-state index in [-0.39, 0.29) is 30.2 Å². The number of rotatable bonds is 10. The molecule has 7 nitrogen and oxygen atoms in total. The van der Waals surface area contributed by atoms with Crippen molar-refractivity contribution in [2.24, 2.45) is 0 Å². The Hall–Kier alpha value is -4.05. The van der Waals surface area contributed by atoms with Gasteiger partial charge in [-0.3, -0.25) is 4.79 Å². The molecule has 0 bridgehead atoms. The van der Waals surface area contributed by atoms with E-state index in [0.717, 1.165) is 5.56 Å². The molecule has 1 N–H and O–H groups in total. The summed E-state index contributed by atoms with van der Waals surface area (Å²) in [4.78, 5) is 24.2. The summed E-state index contributed by atoms with van der Waals surface area (Å²) in [6.45, 7) is 7.65. The van der Waals surface area contributed by atoms with Crippen LogP contribution < -0.4 is 19.5 Å². The summed E-state index contributed by atoms with van der Waals surface area (Å²) in [7, 11) is 1.43. The first-order valence-electron chi connectivity index (χ1n) is 10.00. The van der Waals surface area contributed by atoms with E-state index in [2.05, 4.69) is 25.7 Å². The third-order valence-electron chi connectivity index (χ3n) is 4.38. The molecule has 7 heteroatoms. The lowest BCUT2D eigenvalue weighted by Crippen LogP contribution is -2.24. The van der Waals surface area contributed by atoms with Gasteiger partial charge in [-0.1, -0.05) is 38.1 Å². The molecule has 0 atom stereocenters. The van der Waals surface area contributed by atoms with Crippen molar-refractivity contribution in [3.05, 3.63) is 71.8 Å². The summed E-state index contributed by atoms with van der Waals surface area (Å²) in [6.07, 6.45) is 2.93.